The summed E-state index contributed by atoms with van der Waals surface area (Å²) in [4.78, 5) is 0. The van der Waals surface area contributed by atoms with Gasteiger partial charge in [0.15, 0.2) is 11.5 Å². The van der Waals surface area contributed by atoms with E-state index < -0.39 is 6.10 Å². The summed E-state index contributed by atoms with van der Waals surface area (Å²) in [5.41, 5.74) is 0.822. The first-order valence-electron chi connectivity index (χ1n) is 6.18. The van der Waals surface area contributed by atoms with Crippen molar-refractivity contribution in [1.82, 2.24) is 0 Å². The second-order valence-electron chi connectivity index (χ2n) is 4.48. The van der Waals surface area contributed by atoms with Crippen molar-refractivity contribution in [3.8, 4) is 23.0 Å². The molecule has 4 nitrogen and oxygen atoms in total. The number of aliphatic hydroxyl groups is 1. The van der Waals surface area contributed by atoms with Crippen LogP contribution in [-0.2, 0) is 0 Å². The van der Waals surface area contributed by atoms with Crippen LogP contribution < -0.4 is 14.2 Å². The second-order valence-corrected chi connectivity index (χ2v) is 5.33. The number of aliphatic hydroxyl groups excluding tert-OH is 1. The van der Waals surface area contributed by atoms with Gasteiger partial charge in [0, 0.05) is 10.5 Å². The Hall–Kier alpha value is -1.72. The van der Waals surface area contributed by atoms with E-state index in [1.807, 2.05) is 30.3 Å². The Kier molecular flexibility index (Phi) is 3.54. The molecule has 20 heavy (non-hydrogen) atoms. The van der Waals surface area contributed by atoms with Gasteiger partial charge < -0.3 is 19.3 Å². The molecule has 2 aromatic rings. The summed E-state index contributed by atoms with van der Waals surface area (Å²) in [6.45, 7) is 1.96. The first-order chi connectivity index (χ1) is 9.63. The van der Waals surface area contributed by atoms with Crippen molar-refractivity contribution in [1.29, 1.82) is 0 Å². The van der Waals surface area contributed by atoms with Gasteiger partial charge in [-0.25, -0.2) is 0 Å². The maximum absolute atomic E-state index is 9.59. The summed E-state index contributed by atoms with van der Waals surface area (Å²) in [5, 5.41) is 9.59. The number of fused-ring (bicyclic) bond motifs is 1. The van der Waals surface area contributed by atoms with Gasteiger partial charge >= 0.3 is 0 Å². The molecular formula is C15H13BrO4. The summed E-state index contributed by atoms with van der Waals surface area (Å²) in [6.07, 6.45) is -0.524. The summed E-state index contributed by atoms with van der Waals surface area (Å²) < 4.78 is 17.1. The summed E-state index contributed by atoms with van der Waals surface area (Å²) >= 11 is 3.43. The molecule has 5 heteroatoms. The summed E-state index contributed by atoms with van der Waals surface area (Å²) in [6, 6.07) is 10.9. The van der Waals surface area contributed by atoms with Crippen molar-refractivity contribution >= 4 is 15.9 Å². The molecule has 1 unspecified atom stereocenters. The molecule has 104 valence electrons. The van der Waals surface area contributed by atoms with Gasteiger partial charge in [-0.05, 0) is 36.8 Å². The van der Waals surface area contributed by atoms with Crippen molar-refractivity contribution in [3.63, 3.8) is 0 Å². The Balaban J connectivity index is 1.83. The molecule has 0 amide bonds. The highest BCUT2D eigenvalue weighted by Gasteiger charge is 2.14. The standard InChI is InChI=1S/C15H13BrO4/c1-9(17)12-4-2-10(6-13(12)16)20-11-3-5-14-15(7-11)19-8-18-14/h2-7,9,17H,8H2,1H3. The molecule has 0 radical (unpaired) electrons. The number of hydrogen-bond donors (Lipinski definition) is 1. The molecule has 0 bridgehead atoms. The molecule has 0 saturated heterocycles. The molecule has 0 saturated carbocycles. The highest BCUT2D eigenvalue weighted by atomic mass is 79.9. The zero-order chi connectivity index (χ0) is 14.1. The van der Waals surface area contributed by atoms with Gasteiger partial charge in [-0.3, -0.25) is 0 Å². The lowest BCUT2D eigenvalue weighted by Gasteiger charge is -2.11. The predicted molar refractivity (Wildman–Crippen MR) is 77.4 cm³/mol. The maximum Gasteiger partial charge on any atom is 0.231 e. The van der Waals surface area contributed by atoms with Crippen LogP contribution in [0.2, 0.25) is 0 Å². The topological polar surface area (TPSA) is 47.9 Å². The third kappa shape index (κ3) is 2.59. The fourth-order valence-corrected chi connectivity index (χ4v) is 2.68. The largest absolute Gasteiger partial charge is 0.457 e. The van der Waals surface area contributed by atoms with Crippen LogP contribution in [-0.4, -0.2) is 11.9 Å². The average molecular weight is 337 g/mol. The van der Waals surface area contributed by atoms with Gasteiger partial charge in [0.1, 0.15) is 11.5 Å². The Labute approximate surface area is 125 Å². The van der Waals surface area contributed by atoms with Gasteiger partial charge in [0.2, 0.25) is 6.79 Å². The van der Waals surface area contributed by atoms with Crippen molar-refractivity contribution in [2.75, 3.05) is 6.79 Å². The molecule has 1 heterocycles. The zero-order valence-corrected chi connectivity index (χ0v) is 12.4. The fourth-order valence-electron chi connectivity index (χ4n) is 1.99. The molecule has 3 rings (SSSR count). The monoisotopic (exact) mass is 336 g/mol. The number of benzene rings is 2. The van der Waals surface area contributed by atoms with Crippen molar-refractivity contribution in [2.45, 2.75) is 13.0 Å². The minimum Gasteiger partial charge on any atom is -0.457 e. The molecule has 1 aliphatic heterocycles. The lowest BCUT2D eigenvalue weighted by atomic mass is 10.1. The van der Waals surface area contributed by atoms with Crippen molar-refractivity contribution in [3.05, 3.63) is 46.4 Å². The van der Waals surface area contributed by atoms with E-state index in [-0.39, 0.29) is 6.79 Å². The van der Waals surface area contributed by atoms with E-state index in [4.69, 9.17) is 14.2 Å². The van der Waals surface area contributed by atoms with Crippen LogP contribution in [0.1, 0.15) is 18.6 Å². The first kappa shape index (κ1) is 13.3. The Morgan fingerprint density at radius 1 is 1.10 bits per heavy atom. The van der Waals surface area contributed by atoms with Crippen LogP contribution in [0.4, 0.5) is 0 Å². The van der Waals surface area contributed by atoms with E-state index in [0.29, 0.717) is 17.2 Å². The third-order valence-electron chi connectivity index (χ3n) is 3.00. The molecule has 0 aromatic heterocycles. The quantitative estimate of drug-likeness (QED) is 0.919. The minimum atomic E-state index is -0.524. The van der Waals surface area contributed by atoms with Gasteiger partial charge in [-0.15, -0.1) is 0 Å². The first-order valence-corrected chi connectivity index (χ1v) is 6.98. The van der Waals surface area contributed by atoms with Gasteiger partial charge in [0.25, 0.3) is 0 Å². The van der Waals surface area contributed by atoms with Gasteiger partial charge in [-0.1, -0.05) is 22.0 Å². The molecule has 0 spiro atoms. The molecule has 1 N–H and O–H groups in total. The van der Waals surface area contributed by atoms with E-state index >= 15 is 0 Å². The lowest BCUT2D eigenvalue weighted by Crippen LogP contribution is -1.93. The molecule has 0 fully saturated rings. The SMILES string of the molecule is CC(O)c1ccc(Oc2ccc3c(c2)OCO3)cc1Br. The van der Waals surface area contributed by atoms with Crippen LogP contribution in [0, 0.1) is 0 Å². The van der Waals surface area contributed by atoms with E-state index in [0.717, 1.165) is 15.8 Å². The number of rotatable bonds is 3. The Morgan fingerprint density at radius 3 is 2.55 bits per heavy atom. The van der Waals surface area contributed by atoms with Crippen LogP contribution >= 0.6 is 15.9 Å². The van der Waals surface area contributed by atoms with Crippen molar-refractivity contribution in [2.24, 2.45) is 0 Å². The molecule has 1 aliphatic rings. The smallest absolute Gasteiger partial charge is 0.231 e. The van der Waals surface area contributed by atoms with E-state index in [2.05, 4.69) is 15.9 Å². The second kappa shape index (κ2) is 5.34. The van der Waals surface area contributed by atoms with Crippen LogP contribution in [0.25, 0.3) is 0 Å². The minimum absolute atomic E-state index is 0.243. The lowest BCUT2D eigenvalue weighted by molar-refractivity contribution is 0.174. The van der Waals surface area contributed by atoms with Crippen LogP contribution in [0.15, 0.2) is 40.9 Å². The molecule has 0 aliphatic carbocycles. The summed E-state index contributed by atoms with van der Waals surface area (Å²) in [5.74, 6) is 2.76. The highest BCUT2D eigenvalue weighted by Crippen LogP contribution is 2.37. The van der Waals surface area contributed by atoms with Crippen LogP contribution in [0.5, 0.6) is 23.0 Å². The average Bonchev–Trinajstić information content (AvgIpc) is 2.85. The predicted octanol–water partition coefficient (Wildman–Crippen LogP) is 4.02. The normalized spacial score (nSPS) is 14.2. The fraction of sp³-hybridized carbons (Fsp3) is 0.200. The molecular weight excluding hydrogens is 324 g/mol. The highest BCUT2D eigenvalue weighted by molar-refractivity contribution is 9.10. The molecule has 2 aromatic carbocycles. The zero-order valence-electron chi connectivity index (χ0n) is 10.8. The Morgan fingerprint density at radius 2 is 1.80 bits per heavy atom. The van der Waals surface area contributed by atoms with E-state index in [1.54, 1.807) is 13.0 Å². The van der Waals surface area contributed by atoms with Crippen molar-refractivity contribution < 1.29 is 19.3 Å². The number of ether oxygens (including phenoxy) is 3. The van der Waals surface area contributed by atoms with Gasteiger partial charge in [-0.2, -0.15) is 0 Å². The summed E-state index contributed by atoms with van der Waals surface area (Å²) in [7, 11) is 0. The number of halogens is 1. The van der Waals surface area contributed by atoms with Crippen LogP contribution in [0.3, 0.4) is 0 Å². The number of hydrogen-bond acceptors (Lipinski definition) is 4. The third-order valence-corrected chi connectivity index (χ3v) is 3.69. The van der Waals surface area contributed by atoms with E-state index in [9.17, 15) is 5.11 Å². The Bertz CT molecular complexity index is 640. The maximum atomic E-state index is 9.59. The van der Waals surface area contributed by atoms with Gasteiger partial charge in [0.05, 0.1) is 6.10 Å². The molecule has 1 atom stereocenters. The van der Waals surface area contributed by atoms with E-state index in [1.165, 1.54) is 0 Å².